The summed E-state index contributed by atoms with van der Waals surface area (Å²) < 4.78 is 56.7. The third-order valence-electron chi connectivity index (χ3n) is 5.83. The van der Waals surface area contributed by atoms with E-state index >= 15 is 0 Å². The summed E-state index contributed by atoms with van der Waals surface area (Å²) in [5.74, 6) is -3.01. The number of aromatic nitrogens is 1. The molecule has 0 bridgehead atoms. The number of rotatable bonds is 10. The molecule has 2 aromatic rings. The van der Waals surface area contributed by atoms with Crippen molar-refractivity contribution in [2.24, 2.45) is 0 Å². The van der Waals surface area contributed by atoms with Crippen molar-refractivity contribution in [3.63, 3.8) is 0 Å². The largest absolute Gasteiger partial charge is 0.481 e. The number of anilines is 1. The summed E-state index contributed by atoms with van der Waals surface area (Å²) in [4.78, 5) is 28.5. The summed E-state index contributed by atoms with van der Waals surface area (Å²) in [7, 11) is -3.93. The number of pyridine rings is 1. The first kappa shape index (κ1) is 26.5. The van der Waals surface area contributed by atoms with E-state index in [0.717, 1.165) is 9.87 Å². The molecule has 1 aliphatic heterocycles. The molecule has 0 atom stereocenters. The molecule has 0 radical (unpaired) electrons. The Kier molecular flexibility index (Phi) is 7.75. The molecule has 0 saturated carbocycles. The fourth-order valence-corrected chi connectivity index (χ4v) is 5.54. The van der Waals surface area contributed by atoms with Gasteiger partial charge in [-0.3, -0.25) is 9.59 Å². The molecule has 0 aliphatic carbocycles. The van der Waals surface area contributed by atoms with E-state index in [-0.39, 0.29) is 30.6 Å². The number of halogens is 2. The van der Waals surface area contributed by atoms with E-state index in [2.05, 4.69) is 15.0 Å². The number of carboxylic acid groups (broad SMARTS) is 1. The molecule has 3 rings (SSSR count). The number of carboxylic acids is 1. The topological polar surface area (TPSA) is 126 Å². The first-order valence-corrected chi connectivity index (χ1v) is 12.5. The van der Waals surface area contributed by atoms with Gasteiger partial charge in [-0.15, -0.1) is 0 Å². The third-order valence-corrected chi connectivity index (χ3v) is 7.60. The maximum Gasteiger partial charge on any atom is 0.387 e. The number of nitrogens with one attached hydrogen (secondary N) is 1. The Hall–Kier alpha value is -3.12. The average molecular weight is 512 g/mol. The Morgan fingerprint density at radius 2 is 1.91 bits per heavy atom. The number of amides is 1. The highest BCUT2D eigenvalue weighted by Crippen LogP contribution is 2.41. The molecule has 2 N–H and O–H groups in total. The summed E-state index contributed by atoms with van der Waals surface area (Å²) in [6.45, 7) is 1.89. The van der Waals surface area contributed by atoms with Crippen LogP contribution in [0.4, 0.5) is 14.6 Å². The zero-order valence-electron chi connectivity index (χ0n) is 19.5. The summed E-state index contributed by atoms with van der Waals surface area (Å²) in [6, 6.07) is 8.42. The van der Waals surface area contributed by atoms with Crippen molar-refractivity contribution >= 4 is 27.7 Å². The van der Waals surface area contributed by atoms with Crippen LogP contribution >= 0.6 is 0 Å². The minimum atomic E-state index is -3.93. The number of alkyl halides is 2. The van der Waals surface area contributed by atoms with Gasteiger partial charge in [0.05, 0.1) is 12.2 Å². The zero-order valence-corrected chi connectivity index (χ0v) is 20.3. The highest BCUT2D eigenvalue weighted by Gasteiger charge is 2.55. The molecule has 1 aromatic heterocycles. The van der Waals surface area contributed by atoms with E-state index in [1.165, 1.54) is 12.3 Å². The Bertz CT molecular complexity index is 1210. The Balaban J connectivity index is 1.99. The normalized spacial score (nSPS) is 15.6. The molecule has 1 aromatic carbocycles. The fourth-order valence-electron chi connectivity index (χ4n) is 4.02. The maximum absolute atomic E-state index is 13.6. The summed E-state index contributed by atoms with van der Waals surface area (Å²) >= 11 is 0. The van der Waals surface area contributed by atoms with Crippen molar-refractivity contribution in [2.45, 2.75) is 45.1 Å². The van der Waals surface area contributed by atoms with Gasteiger partial charge in [-0.05, 0) is 35.6 Å². The number of hydrogen-bond donors (Lipinski definition) is 2. The Morgan fingerprint density at radius 3 is 2.51 bits per heavy atom. The minimum absolute atomic E-state index is 0.00349. The smallest absolute Gasteiger partial charge is 0.387 e. The van der Waals surface area contributed by atoms with Crippen molar-refractivity contribution in [1.29, 1.82) is 0 Å². The molecule has 0 spiro atoms. The van der Waals surface area contributed by atoms with Crippen molar-refractivity contribution < 1.29 is 36.6 Å². The lowest BCUT2D eigenvalue weighted by Gasteiger charge is -2.49. The number of nitrogens with zero attached hydrogens (tertiary/aromatic N) is 2. The molecule has 1 amide bonds. The van der Waals surface area contributed by atoms with Crippen LogP contribution in [-0.2, 0) is 25.0 Å². The van der Waals surface area contributed by atoms with Gasteiger partial charge in [0.1, 0.15) is 5.41 Å². The highest BCUT2D eigenvalue weighted by molar-refractivity contribution is 7.89. The molecular weight excluding hydrogens is 484 g/mol. The number of hydrogen-bond acceptors (Lipinski definition) is 6. The second-order valence-electron chi connectivity index (χ2n) is 8.74. The highest BCUT2D eigenvalue weighted by atomic mass is 32.2. The van der Waals surface area contributed by atoms with Gasteiger partial charge in [0, 0.05) is 19.3 Å². The van der Waals surface area contributed by atoms with Crippen molar-refractivity contribution in [3.05, 3.63) is 53.2 Å². The van der Waals surface area contributed by atoms with Crippen LogP contribution in [-0.4, -0.2) is 60.1 Å². The number of benzene rings is 1. The fraction of sp³-hybridized carbons (Fsp3) is 0.435. The molecule has 0 unspecified atom stereocenters. The van der Waals surface area contributed by atoms with Crippen LogP contribution in [0, 0.1) is 6.92 Å². The van der Waals surface area contributed by atoms with Gasteiger partial charge < -0.3 is 15.2 Å². The number of carbonyl (C=O) groups excluding carboxylic acids is 1. The minimum Gasteiger partial charge on any atom is -0.481 e. The first-order chi connectivity index (χ1) is 16.4. The quantitative estimate of drug-likeness (QED) is 0.502. The molecule has 2 heterocycles. The monoisotopic (exact) mass is 511 g/mol. The predicted octanol–water partition coefficient (Wildman–Crippen LogP) is 3.11. The van der Waals surface area contributed by atoms with Crippen LogP contribution in [0.2, 0.25) is 0 Å². The lowest BCUT2D eigenvalue weighted by Crippen LogP contribution is -2.66. The van der Waals surface area contributed by atoms with Crippen LogP contribution in [0.1, 0.15) is 42.9 Å². The number of aryl methyl sites for hydroxylation is 1. The van der Waals surface area contributed by atoms with Crippen LogP contribution in [0.25, 0.3) is 0 Å². The third kappa shape index (κ3) is 5.76. The van der Waals surface area contributed by atoms with Crippen LogP contribution in [0.3, 0.4) is 0 Å². The molecule has 1 fully saturated rings. The number of aliphatic carboxylic acids is 1. The number of sulfonamides is 1. The number of ether oxygens (including phenoxy) is 1. The summed E-state index contributed by atoms with van der Waals surface area (Å²) in [5, 5.41) is 11.4. The van der Waals surface area contributed by atoms with E-state index in [1.54, 1.807) is 25.1 Å². The van der Waals surface area contributed by atoms with Gasteiger partial charge in [0.15, 0.2) is 11.6 Å². The lowest BCUT2D eigenvalue weighted by molar-refractivity contribution is -0.136. The van der Waals surface area contributed by atoms with E-state index in [4.69, 9.17) is 5.11 Å². The number of carbonyl (C=O) groups is 2. The van der Waals surface area contributed by atoms with Gasteiger partial charge >= 0.3 is 12.6 Å². The lowest BCUT2D eigenvalue weighted by atomic mass is 9.71. The Morgan fingerprint density at radius 1 is 1.26 bits per heavy atom. The maximum atomic E-state index is 13.6. The van der Waals surface area contributed by atoms with Crippen LogP contribution in [0.15, 0.2) is 36.5 Å². The van der Waals surface area contributed by atoms with Gasteiger partial charge in [-0.1, -0.05) is 38.1 Å². The first-order valence-electron chi connectivity index (χ1n) is 10.9. The SMILES string of the molecule is Cc1cnc(NC(=O)C2(c3ccccc3C(C)C)CN(S(=O)(=O)CCC(=O)O)C2)c(OC(F)F)c1. The van der Waals surface area contributed by atoms with Gasteiger partial charge in [0.25, 0.3) is 0 Å². The van der Waals surface area contributed by atoms with E-state index in [0.29, 0.717) is 11.1 Å². The predicted molar refractivity (Wildman–Crippen MR) is 124 cm³/mol. The van der Waals surface area contributed by atoms with Crippen molar-refractivity contribution in [2.75, 3.05) is 24.2 Å². The second-order valence-corrected chi connectivity index (χ2v) is 10.8. The second kappa shape index (κ2) is 10.2. The zero-order chi connectivity index (χ0) is 26.0. The molecule has 12 heteroatoms. The standard InChI is InChI=1S/C23H27F2N3O6S/c1-14(2)16-6-4-5-7-17(16)23(12-28(13-23)35(32,33)9-8-19(29)30)21(31)27-20-18(34-22(24)25)10-15(3)11-26-20/h4-7,10-11,14,22H,8-9,12-13H2,1-3H3,(H,29,30)(H,26,27,31). The molecule has 9 nitrogen and oxygen atoms in total. The summed E-state index contributed by atoms with van der Waals surface area (Å²) in [6.07, 6.45) is 0.814. The van der Waals surface area contributed by atoms with Crippen molar-refractivity contribution in [1.82, 2.24) is 9.29 Å². The molecule has 1 aliphatic rings. The molecule has 1 saturated heterocycles. The summed E-state index contributed by atoms with van der Waals surface area (Å²) in [5.41, 5.74) is 0.621. The van der Waals surface area contributed by atoms with Gasteiger partial charge in [0.2, 0.25) is 15.9 Å². The van der Waals surface area contributed by atoms with E-state index in [9.17, 15) is 26.8 Å². The molecule has 190 valence electrons. The molecule has 35 heavy (non-hydrogen) atoms. The van der Waals surface area contributed by atoms with Crippen LogP contribution < -0.4 is 10.1 Å². The van der Waals surface area contributed by atoms with E-state index in [1.807, 2.05) is 19.9 Å². The van der Waals surface area contributed by atoms with Crippen molar-refractivity contribution in [3.8, 4) is 5.75 Å². The van der Waals surface area contributed by atoms with E-state index < -0.39 is 46.1 Å². The average Bonchev–Trinajstić information content (AvgIpc) is 2.73. The molecular formula is C23H27F2N3O6S. The van der Waals surface area contributed by atoms with Crippen LogP contribution in [0.5, 0.6) is 5.75 Å². The Labute approximate surface area is 202 Å². The van der Waals surface area contributed by atoms with Gasteiger partial charge in [-0.25, -0.2) is 13.4 Å². The van der Waals surface area contributed by atoms with Gasteiger partial charge in [-0.2, -0.15) is 13.1 Å².